The van der Waals surface area contributed by atoms with Gasteiger partial charge < -0.3 is 9.47 Å². The maximum atomic E-state index is 11.2. The predicted molar refractivity (Wildman–Crippen MR) is 47.0 cm³/mol. The van der Waals surface area contributed by atoms with Crippen molar-refractivity contribution in [3.8, 4) is 0 Å². The second kappa shape index (κ2) is 5.56. The van der Waals surface area contributed by atoms with Crippen molar-refractivity contribution in [1.82, 2.24) is 0 Å². The third kappa shape index (κ3) is 6.13. The molecule has 0 N–H and O–H groups in total. The van der Waals surface area contributed by atoms with Gasteiger partial charge in [-0.2, -0.15) is 0 Å². The van der Waals surface area contributed by atoms with Crippen LogP contribution in [-0.4, -0.2) is 25.7 Å². The fourth-order valence-corrected chi connectivity index (χ4v) is 0.572. The van der Waals surface area contributed by atoms with E-state index in [4.69, 9.17) is 4.74 Å². The Morgan fingerprint density at radius 3 is 2.38 bits per heavy atom. The Morgan fingerprint density at radius 2 is 1.92 bits per heavy atom. The molecule has 0 fully saturated rings. The smallest absolute Gasteiger partial charge is 0.311 e. The Kier molecular flexibility index (Phi) is 5.11. The van der Waals surface area contributed by atoms with E-state index in [1.54, 1.807) is 20.8 Å². The zero-order valence-electron chi connectivity index (χ0n) is 8.33. The van der Waals surface area contributed by atoms with Crippen LogP contribution in [0.3, 0.4) is 0 Å². The fourth-order valence-electron chi connectivity index (χ4n) is 0.572. The number of carbonyl (C=O) groups is 2. The lowest BCUT2D eigenvalue weighted by molar-refractivity contribution is -0.153. The first-order valence-electron chi connectivity index (χ1n) is 4.21. The molecule has 0 aliphatic carbocycles. The molecule has 0 aromatic carbocycles. The minimum absolute atomic E-state index is 0.237. The first kappa shape index (κ1) is 11.9. The van der Waals surface area contributed by atoms with E-state index in [0.717, 1.165) is 0 Å². The summed E-state index contributed by atoms with van der Waals surface area (Å²) >= 11 is 0. The molecule has 0 amide bonds. The highest BCUT2D eigenvalue weighted by Gasteiger charge is 2.22. The third-order valence-corrected chi connectivity index (χ3v) is 1.32. The second-order valence-electron chi connectivity index (χ2n) is 3.71. The predicted octanol–water partition coefficient (Wildman–Crippen LogP) is 1.14. The van der Waals surface area contributed by atoms with Crippen LogP contribution >= 0.6 is 0 Å². The molecule has 0 rings (SSSR count). The van der Waals surface area contributed by atoms with E-state index in [0.29, 0.717) is 26.1 Å². The van der Waals surface area contributed by atoms with Gasteiger partial charge in [-0.15, -0.1) is 0 Å². The molecule has 0 aliphatic heterocycles. The van der Waals surface area contributed by atoms with Crippen molar-refractivity contribution in [2.75, 3.05) is 13.2 Å². The van der Waals surface area contributed by atoms with Crippen LogP contribution in [0.5, 0.6) is 0 Å². The summed E-state index contributed by atoms with van der Waals surface area (Å²) in [4.78, 5) is 20.9. The second-order valence-corrected chi connectivity index (χ2v) is 3.71. The highest BCUT2D eigenvalue weighted by atomic mass is 16.5. The average molecular weight is 188 g/mol. The first-order valence-corrected chi connectivity index (χ1v) is 4.21. The van der Waals surface area contributed by atoms with Crippen molar-refractivity contribution in [3.63, 3.8) is 0 Å². The average Bonchev–Trinajstić information content (AvgIpc) is 2.02. The molecule has 13 heavy (non-hydrogen) atoms. The molecule has 0 saturated heterocycles. The van der Waals surface area contributed by atoms with Gasteiger partial charge in [0.25, 0.3) is 6.47 Å². The molecule has 4 heteroatoms. The summed E-state index contributed by atoms with van der Waals surface area (Å²) in [5.41, 5.74) is -0.467. The van der Waals surface area contributed by atoms with Crippen LogP contribution in [-0.2, 0) is 19.1 Å². The zero-order chi connectivity index (χ0) is 10.3. The van der Waals surface area contributed by atoms with E-state index in [9.17, 15) is 9.59 Å². The number of carbonyl (C=O) groups excluding carboxylic acids is 2. The van der Waals surface area contributed by atoms with Gasteiger partial charge in [0.1, 0.15) is 0 Å². The molecule has 0 aromatic rings. The molecule has 0 aliphatic rings. The minimum Gasteiger partial charge on any atom is -0.468 e. The summed E-state index contributed by atoms with van der Waals surface area (Å²) in [5, 5.41) is 0. The van der Waals surface area contributed by atoms with Gasteiger partial charge in [0.2, 0.25) is 0 Å². The number of rotatable bonds is 5. The first-order chi connectivity index (χ1) is 5.98. The molecule has 0 saturated carbocycles. The summed E-state index contributed by atoms with van der Waals surface area (Å²) in [6.45, 7) is 6.34. The van der Waals surface area contributed by atoms with Crippen LogP contribution < -0.4 is 0 Å². The molecular weight excluding hydrogens is 172 g/mol. The van der Waals surface area contributed by atoms with E-state index in [2.05, 4.69) is 4.74 Å². The Labute approximate surface area is 78.2 Å². The maximum absolute atomic E-state index is 11.2. The van der Waals surface area contributed by atoms with E-state index in [1.807, 2.05) is 0 Å². The van der Waals surface area contributed by atoms with Crippen LogP contribution in [0.1, 0.15) is 27.2 Å². The van der Waals surface area contributed by atoms with Gasteiger partial charge in [-0.3, -0.25) is 9.59 Å². The quantitative estimate of drug-likeness (QED) is 0.369. The van der Waals surface area contributed by atoms with Gasteiger partial charge in [-0.25, -0.2) is 0 Å². The largest absolute Gasteiger partial charge is 0.468 e. The van der Waals surface area contributed by atoms with Crippen molar-refractivity contribution < 1.29 is 19.1 Å². The lowest BCUT2D eigenvalue weighted by Gasteiger charge is -2.16. The molecule has 0 unspecified atom stereocenters. The Hall–Kier alpha value is -1.06. The van der Waals surface area contributed by atoms with Crippen LogP contribution in [0.25, 0.3) is 0 Å². The summed E-state index contributed by atoms with van der Waals surface area (Å²) in [6, 6.07) is 0. The monoisotopic (exact) mass is 188 g/mol. The lowest BCUT2D eigenvalue weighted by Crippen LogP contribution is -2.23. The molecule has 76 valence electrons. The van der Waals surface area contributed by atoms with Gasteiger partial charge in [0.15, 0.2) is 0 Å². The van der Waals surface area contributed by atoms with Crippen LogP contribution in [0.2, 0.25) is 0 Å². The highest BCUT2D eigenvalue weighted by molar-refractivity contribution is 5.75. The van der Waals surface area contributed by atoms with Gasteiger partial charge in [0.05, 0.1) is 18.6 Å². The van der Waals surface area contributed by atoms with Crippen LogP contribution in [0, 0.1) is 5.41 Å². The standard InChI is InChI=1S/C9H16O4/c1-9(2,3)8(11)13-6-4-5-12-7-10/h7H,4-6H2,1-3H3. The molecule has 0 aromatic heterocycles. The minimum atomic E-state index is -0.467. The number of hydrogen-bond donors (Lipinski definition) is 0. The number of ether oxygens (including phenoxy) is 2. The topological polar surface area (TPSA) is 52.6 Å². The number of esters is 1. The van der Waals surface area contributed by atoms with Gasteiger partial charge in [-0.05, 0) is 20.8 Å². The van der Waals surface area contributed by atoms with Crippen LogP contribution in [0.15, 0.2) is 0 Å². The normalized spacial score (nSPS) is 10.7. The summed E-state index contributed by atoms with van der Waals surface area (Å²) in [5.74, 6) is -0.237. The van der Waals surface area contributed by atoms with Gasteiger partial charge in [-0.1, -0.05) is 0 Å². The Bertz CT molecular complexity index is 169. The SMILES string of the molecule is CC(C)(C)C(=O)OCCCOC=O. The number of hydrogen-bond acceptors (Lipinski definition) is 4. The van der Waals surface area contributed by atoms with Crippen LogP contribution in [0.4, 0.5) is 0 Å². The molecule has 0 bridgehead atoms. The van der Waals surface area contributed by atoms with E-state index < -0.39 is 5.41 Å². The van der Waals surface area contributed by atoms with Crippen molar-refractivity contribution in [1.29, 1.82) is 0 Å². The third-order valence-electron chi connectivity index (χ3n) is 1.32. The van der Waals surface area contributed by atoms with Crippen molar-refractivity contribution >= 4 is 12.4 Å². The van der Waals surface area contributed by atoms with Crippen molar-refractivity contribution in [2.45, 2.75) is 27.2 Å². The molecule has 0 spiro atoms. The van der Waals surface area contributed by atoms with Crippen molar-refractivity contribution in [3.05, 3.63) is 0 Å². The lowest BCUT2D eigenvalue weighted by atomic mass is 9.97. The van der Waals surface area contributed by atoms with E-state index in [-0.39, 0.29) is 5.97 Å². The highest BCUT2D eigenvalue weighted by Crippen LogP contribution is 2.14. The van der Waals surface area contributed by atoms with E-state index >= 15 is 0 Å². The molecule has 0 heterocycles. The summed E-state index contributed by atoms with van der Waals surface area (Å²) in [6.07, 6.45) is 0.542. The fraction of sp³-hybridized carbons (Fsp3) is 0.778. The van der Waals surface area contributed by atoms with Gasteiger partial charge in [0, 0.05) is 6.42 Å². The zero-order valence-corrected chi connectivity index (χ0v) is 8.33. The summed E-state index contributed by atoms with van der Waals surface area (Å²) < 4.78 is 9.35. The van der Waals surface area contributed by atoms with Gasteiger partial charge >= 0.3 is 5.97 Å². The summed E-state index contributed by atoms with van der Waals surface area (Å²) in [7, 11) is 0. The van der Waals surface area contributed by atoms with E-state index in [1.165, 1.54) is 0 Å². The molecule has 4 nitrogen and oxygen atoms in total. The molecule has 0 radical (unpaired) electrons. The maximum Gasteiger partial charge on any atom is 0.311 e. The molecule has 0 atom stereocenters. The molecular formula is C9H16O4. The van der Waals surface area contributed by atoms with Crippen molar-refractivity contribution in [2.24, 2.45) is 5.41 Å². The Morgan fingerprint density at radius 1 is 1.31 bits per heavy atom. The Balaban J connectivity index is 3.43.